The van der Waals surface area contributed by atoms with E-state index in [-0.39, 0.29) is 0 Å². The molecule has 420 valence electrons. The summed E-state index contributed by atoms with van der Waals surface area (Å²) < 4.78 is 4.77. The van der Waals surface area contributed by atoms with Crippen LogP contribution in [0.15, 0.2) is 322 Å². The van der Waals surface area contributed by atoms with E-state index < -0.39 is 0 Å². The summed E-state index contributed by atoms with van der Waals surface area (Å²) in [5.74, 6) is 2.70. The number of aromatic nitrogens is 7. The molecule has 0 fully saturated rings. The minimum absolute atomic E-state index is 0.654. The molecule has 18 rings (SSSR count). The van der Waals surface area contributed by atoms with Crippen LogP contribution in [0.25, 0.3) is 167 Å². The number of nitrogens with zero attached hydrogens (tertiary/aromatic N) is 7. The Morgan fingerprint density at radius 3 is 0.744 bits per heavy atom. The maximum atomic E-state index is 4.99. The van der Waals surface area contributed by atoms with Gasteiger partial charge in [-0.1, -0.05) is 267 Å². The normalized spacial score (nSPS) is 11.6. The lowest BCUT2D eigenvalue weighted by Gasteiger charge is -2.11. The minimum atomic E-state index is 0.654. The van der Waals surface area contributed by atoms with Crippen molar-refractivity contribution in [2.75, 3.05) is 0 Å². The zero-order chi connectivity index (χ0) is 59.5. The Morgan fingerprint density at radius 2 is 0.422 bits per heavy atom. The minimum Gasteiger partial charge on any atom is -0.309 e. The molecule has 0 bridgehead atoms. The third kappa shape index (κ3) is 9.28. The standard InChI is InChI=1S/C42H27N3.C41H26N4/c1-3-9-30(10-4-1)36-27-37(44-42(43-36)34-11-5-2-6-12-34)31-19-17-28(18-20-31)29-23-25-35(26-24-29)45-38-15-7-13-32-21-22-33-14-8-16-39(45)41(33)40(32)38;1-3-9-31(10-4-1)39-42-40(32-11-5-2-6-12-32)44-41(43-39)33-21-17-27(18-22-33)28-23-25-34(26-24-28)45-35-15-7-13-29-19-20-30-14-8-16-36(45)38(30)37(29)35/h1-27H;1-26H. The maximum Gasteiger partial charge on any atom is 0.164 e. The van der Waals surface area contributed by atoms with E-state index in [0.29, 0.717) is 17.5 Å². The quantitative estimate of drug-likeness (QED) is 0.128. The molecule has 0 amide bonds. The summed E-state index contributed by atoms with van der Waals surface area (Å²) in [4.78, 5) is 24.5. The van der Waals surface area contributed by atoms with Crippen molar-refractivity contribution in [3.63, 3.8) is 0 Å². The summed E-state index contributed by atoms with van der Waals surface area (Å²) in [7, 11) is 0. The predicted molar refractivity (Wildman–Crippen MR) is 371 cm³/mol. The van der Waals surface area contributed by atoms with Gasteiger partial charge in [-0.05, 0) is 98.4 Å². The Labute approximate surface area is 519 Å². The average Bonchev–Trinajstić information content (AvgIpc) is 1.61. The molecule has 90 heavy (non-hydrogen) atoms. The Balaban J connectivity index is 0.000000139. The van der Waals surface area contributed by atoms with Crippen LogP contribution in [0.4, 0.5) is 0 Å². The lowest BCUT2D eigenvalue weighted by Crippen LogP contribution is -2.00. The lowest BCUT2D eigenvalue weighted by molar-refractivity contribution is 1.07. The van der Waals surface area contributed by atoms with Crippen molar-refractivity contribution in [2.24, 2.45) is 0 Å². The molecule has 18 aromatic rings. The number of rotatable bonds is 10. The van der Waals surface area contributed by atoms with Crippen LogP contribution in [0.1, 0.15) is 0 Å². The fraction of sp³-hybridized carbons (Fsp3) is 0. The van der Waals surface area contributed by atoms with Gasteiger partial charge in [0.2, 0.25) is 0 Å². The molecule has 0 saturated heterocycles. The molecule has 0 atom stereocenters. The van der Waals surface area contributed by atoms with Gasteiger partial charge in [0.15, 0.2) is 23.3 Å². The molecule has 7 heteroatoms. The first-order chi connectivity index (χ1) is 44.6. The molecule has 0 radical (unpaired) electrons. The largest absolute Gasteiger partial charge is 0.309 e. The van der Waals surface area contributed by atoms with Gasteiger partial charge in [-0.2, -0.15) is 0 Å². The fourth-order valence-electron chi connectivity index (χ4n) is 13.1. The Bertz CT molecular complexity index is 4990. The SMILES string of the molecule is c1ccc(-c2cc(-c3ccc(-c4ccc(-n5c6cccc7ccc8cccc5c8c76)cc4)cc3)nc(-c3ccccc3)n2)cc1.c1ccc(-c2nc(-c3ccccc3)nc(-c3ccc(-c4ccc(-n5c6cccc7ccc8cccc5c8c76)cc4)cc3)n2)cc1. The van der Waals surface area contributed by atoms with Crippen LogP contribution in [-0.4, -0.2) is 34.1 Å². The van der Waals surface area contributed by atoms with E-state index in [9.17, 15) is 0 Å². The Hall–Kier alpha value is -12.2. The Morgan fingerprint density at radius 1 is 0.178 bits per heavy atom. The topological polar surface area (TPSA) is 74.3 Å². The summed E-state index contributed by atoms with van der Waals surface area (Å²) in [5.41, 5.74) is 19.7. The van der Waals surface area contributed by atoms with Crippen LogP contribution in [-0.2, 0) is 0 Å². The molecule has 0 unspecified atom stereocenters. The van der Waals surface area contributed by atoms with Crippen LogP contribution in [0.3, 0.4) is 0 Å². The number of benzene rings is 14. The first kappa shape index (κ1) is 52.2. The highest BCUT2D eigenvalue weighted by atomic mass is 15.0. The van der Waals surface area contributed by atoms with E-state index in [0.717, 1.165) is 73.1 Å². The molecule has 4 heterocycles. The van der Waals surface area contributed by atoms with Gasteiger partial charge in [0, 0.05) is 66.3 Å². The van der Waals surface area contributed by atoms with E-state index >= 15 is 0 Å². The maximum absolute atomic E-state index is 4.99. The van der Waals surface area contributed by atoms with E-state index in [1.165, 1.54) is 76.3 Å². The van der Waals surface area contributed by atoms with Crippen molar-refractivity contribution >= 4 is 65.2 Å². The summed E-state index contributed by atoms with van der Waals surface area (Å²) in [6, 6.07) is 113. The van der Waals surface area contributed by atoms with Crippen LogP contribution in [0, 0.1) is 0 Å². The third-order valence-electron chi connectivity index (χ3n) is 17.4. The van der Waals surface area contributed by atoms with E-state index in [1.807, 2.05) is 97.1 Å². The zero-order valence-corrected chi connectivity index (χ0v) is 48.7. The fourth-order valence-corrected chi connectivity index (χ4v) is 13.1. The van der Waals surface area contributed by atoms with Gasteiger partial charge in [-0.25, -0.2) is 24.9 Å². The second kappa shape index (κ2) is 22.0. The first-order valence-corrected chi connectivity index (χ1v) is 30.4. The monoisotopic (exact) mass is 1150 g/mol. The molecule has 0 aliphatic heterocycles. The smallest absolute Gasteiger partial charge is 0.164 e. The van der Waals surface area contributed by atoms with Crippen LogP contribution in [0.5, 0.6) is 0 Å². The molecule has 0 N–H and O–H groups in total. The van der Waals surface area contributed by atoms with Crippen molar-refractivity contribution < 1.29 is 0 Å². The number of hydrogen-bond donors (Lipinski definition) is 0. The van der Waals surface area contributed by atoms with Crippen LogP contribution >= 0.6 is 0 Å². The average molecular weight is 1150 g/mol. The summed E-state index contributed by atoms with van der Waals surface area (Å²) in [6.07, 6.45) is 0. The van der Waals surface area contributed by atoms with Crippen molar-refractivity contribution in [3.05, 3.63) is 322 Å². The predicted octanol–water partition coefficient (Wildman–Crippen LogP) is 21.1. The molecule has 0 aliphatic rings. The first-order valence-electron chi connectivity index (χ1n) is 30.4. The summed E-state index contributed by atoms with van der Waals surface area (Å²) in [6.45, 7) is 0. The van der Waals surface area contributed by atoms with Gasteiger partial charge in [0.05, 0.1) is 33.5 Å². The highest BCUT2D eigenvalue weighted by Gasteiger charge is 2.20. The second-order valence-electron chi connectivity index (χ2n) is 22.8. The highest BCUT2D eigenvalue weighted by molar-refractivity contribution is 6.25. The lowest BCUT2D eigenvalue weighted by atomic mass is 10.0. The van der Waals surface area contributed by atoms with E-state index in [1.54, 1.807) is 0 Å². The van der Waals surface area contributed by atoms with Gasteiger partial charge in [0.25, 0.3) is 0 Å². The highest BCUT2D eigenvalue weighted by Crippen LogP contribution is 2.41. The number of hydrogen-bond acceptors (Lipinski definition) is 5. The van der Waals surface area contributed by atoms with E-state index in [2.05, 4.69) is 234 Å². The summed E-state index contributed by atoms with van der Waals surface area (Å²) in [5, 5.41) is 10.4. The molecule has 4 aromatic heterocycles. The van der Waals surface area contributed by atoms with Crippen LogP contribution < -0.4 is 0 Å². The van der Waals surface area contributed by atoms with Gasteiger partial charge < -0.3 is 9.13 Å². The molecular formula is C83H53N7. The van der Waals surface area contributed by atoms with Crippen molar-refractivity contribution in [2.45, 2.75) is 0 Å². The summed E-state index contributed by atoms with van der Waals surface area (Å²) >= 11 is 0. The van der Waals surface area contributed by atoms with Crippen molar-refractivity contribution in [1.29, 1.82) is 0 Å². The van der Waals surface area contributed by atoms with Gasteiger partial charge >= 0.3 is 0 Å². The Kier molecular flexibility index (Phi) is 12.7. The molecular weight excluding hydrogens is 1090 g/mol. The van der Waals surface area contributed by atoms with E-state index in [4.69, 9.17) is 24.9 Å². The molecule has 0 saturated carbocycles. The second-order valence-corrected chi connectivity index (χ2v) is 22.8. The van der Waals surface area contributed by atoms with Crippen molar-refractivity contribution in [1.82, 2.24) is 34.1 Å². The molecule has 0 spiro atoms. The molecule has 7 nitrogen and oxygen atoms in total. The van der Waals surface area contributed by atoms with Gasteiger partial charge in [-0.3, -0.25) is 0 Å². The molecule has 0 aliphatic carbocycles. The molecule has 14 aromatic carbocycles. The van der Waals surface area contributed by atoms with Crippen molar-refractivity contribution in [3.8, 4) is 102 Å². The zero-order valence-electron chi connectivity index (χ0n) is 48.7. The van der Waals surface area contributed by atoms with Gasteiger partial charge in [-0.15, -0.1) is 0 Å². The van der Waals surface area contributed by atoms with Gasteiger partial charge in [0.1, 0.15) is 0 Å². The van der Waals surface area contributed by atoms with Crippen LogP contribution in [0.2, 0.25) is 0 Å². The third-order valence-corrected chi connectivity index (χ3v) is 17.4.